The van der Waals surface area contributed by atoms with Gasteiger partial charge in [0.05, 0.1) is 10.6 Å². The summed E-state index contributed by atoms with van der Waals surface area (Å²) in [5, 5.41) is 9.36. The Hall–Kier alpha value is -2.58. The van der Waals surface area contributed by atoms with Crippen LogP contribution in [0.4, 0.5) is 5.82 Å². The molecule has 1 aromatic carbocycles. The summed E-state index contributed by atoms with van der Waals surface area (Å²) in [7, 11) is 0. The highest BCUT2D eigenvalue weighted by molar-refractivity contribution is 6.36. The van der Waals surface area contributed by atoms with Crippen molar-refractivity contribution in [3.63, 3.8) is 0 Å². The van der Waals surface area contributed by atoms with Crippen LogP contribution in [0.3, 0.4) is 0 Å². The predicted octanol–water partition coefficient (Wildman–Crippen LogP) is 4.00. The molecule has 2 rings (SSSR count). The van der Waals surface area contributed by atoms with Crippen molar-refractivity contribution in [1.82, 2.24) is 10.5 Å². The van der Waals surface area contributed by atoms with E-state index >= 15 is 0 Å². The lowest BCUT2D eigenvalue weighted by Crippen LogP contribution is -2.47. The molecule has 10 heteroatoms. The zero-order valence-electron chi connectivity index (χ0n) is 17.0. The Kier molecular flexibility index (Phi) is 8.25. The lowest BCUT2D eigenvalue weighted by molar-refractivity contribution is -0.157. The molecule has 30 heavy (non-hydrogen) atoms. The molecule has 0 radical (unpaired) electrons. The van der Waals surface area contributed by atoms with Gasteiger partial charge in [-0.3, -0.25) is 9.59 Å². The number of carbonyl (C=O) groups excluding carboxylic acids is 3. The van der Waals surface area contributed by atoms with Gasteiger partial charge in [0.15, 0.2) is 11.9 Å². The van der Waals surface area contributed by atoms with Crippen LogP contribution in [-0.4, -0.2) is 35.1 Å². The highest BCUT2D eigenvalue weighted by Crippen LogP contribution is 2.21. The molecule has 1 aromatic heterocycles. The Morgan fingerprint density at radius 3 is 2.43 bits per heavy atom. The van der Waals surface area contributed by atoms with Gasteiger partial charge in [-0.15, -0.1) is 0 Å². The van der Waals surface area contributed by atoms with E-state index in [0.717, 1.165) is 0 Å². The number of anilines is 1. The second-order valence-electron chi connectivity index (χ2n) is 6.97. The summed E-state index contributed by atoms with van der Waals surface area (Å²) in [4.78, 5) is 37.7. The fraction of sp³-hybridized carbons (Fsp3) is 0.400. The topological polar surface area (TPSA) is 111 Å². The molecule has 0 spiro atoms. The minimum atomic E-state index is -1.06. The number of halogens is 2. The first kappa shape index (κ1) is 23.7. The monoisotopic (exact) mass is 455 g/mol. The minimum Gasteiger partial charge on any atom is -0.451 e. The van der Waals surface area contributed by atoms with E-state index in [1.807, 2.05) is 0 Å². The molecule has 0 saturated heterocycles. The second kappa shape index (κ2) is 10.4. The molecule has 162 valence electrons. The Balaban J connectivity index is 2.07. The smallest absolute Gasteiger partial charge is 0.329 e. The zero-order chi connectivity index (χ0) is 22.4. The fourth-order valence-electron chi connectivity index (χ4n) is 2.56. The number of amides is 2. The number of hydrogen-bond donors (Lipinski definition) is 2. The number of esters is 1. The Morgan fingerprint density at radius 2 is 1.90 bits per heavy atom. The number of nitrogens with one attached hydrogen (secondary N) is 2. The summed E-state index contributed by atoms with van der Waals surface area (Å²) in [6.07, 6.45) is -0.831. The normalized spacial score (nSPS) is 12.9. The van der Waals surface area contributed by atoms with Crippen molar-refractivity contribution in [2.45, 2.75) is 46.3 Å². The third kappa shape index (κ3) is 6.21. The molecular weight excluding hydrogens is 433 g/mol. The first-order chi connectivity index (χ1) is 14.1. The zero-order valence-corrected chi connectivity index (χ0v) is 18.5. The third-order valence-corrected chi connectivity index (χ3v) is 4.73. The molecule has 8 nitrogen and oxygen atoms in total. The van der Waals surface area contributed by atoms with Crippen molar-refractivity contribution in [1.29, 1.82) is 0 Å². The van der Waals surface area contributed by atoms with Gasteiger partial charge in [-0.25, -0.2) is 4.79 Å². The SMILES string of the molecule is CC[C@H](OC(=O)[C@H](NC(=O)c1ccc(Cl)cc1Cl)C(C)C)C(=O)Nc1cc(C)on1. The average molecular weight is 456 g/mol. The van der Waals surface area contributed by atoms with Crippen LogP contribution in [0, 0.1) is 12.8 Å². The molecule has 0 aliphatic heterocycles. The van der Waals surface area contributed by atoms with Crippen molar-refractivity contribution in [3.05, 3.63) is 45.6 Å². The maximum Gasteiger partial charge on any atom is 0.329 e. The molecule has 0 saturated carbocycles. The number of aromatic nitrogens is 1. The maximum atomic E-state index is 12.7. The lowest BCUT2D eigenvalue weighted by Gasteiger charge is -2.24. The highest BCUT2D eigenvalue weighted by atomic mass is 35.5. The van der Waals surface area contributed by atoms with Crippen molar-refractivity contribution in [3.8, 4) is 0 Å². The van der Waals surface area contributed by atoms with Gasteiger partial charge >= 0.3 is 5.97 Å². The van der Waals surface area contributed by atoms with E-state index in [0.29, 0.717) is 10.8 Å². The third-order valence-electron chi connectivity index (χ3n) is 4.18. The number of aryl methyl sites for hydroxylation is 1. The number of rotatable bonds is 8. The number of carbonyl (C=O) groups is 3. The van der Waals surface area contributed by atoms with Crippen LogP contribution in [0.2, 0.25) is 10.0 Å². The van der Waals surface area contributed by atoms with Gasteiger partial charge in [-0.2, -0.15) is 0 Å². The molecule has 0 aliphatic rings. The molecule has 1 heterocycles. The molecule has 0 bridgehead atoms. The average Bonchev–Trinajstić information content (AvgIpc) is 3.07. The summed E-state index contributed by atoms with van der Waals surface area (Å²) in [6, 6.07) is 4.97. The first-order valence-electron chi connectivity index (χ1n) is 9.33. The van der Waals surface area contributed by atoms with E-state index in [-0.39, 0.29) is 28.7 Å². The van der Waals surface area contributed by atoms with Gasteiger partial charge in [-0.05, 0) is 37.5 Å². The minimum absolute atomic E-state index is 0.157. The summed E-state index contributed by atoms with van der Waals surface area (Å²) >= 11 is 11.9. The maximum absolute atomic E-state index is 12.7. The largest absolute Gasteiger partial charge is 0.451 e. The lowest BCUT2D eigenvalue weighted by atomic mass is 10.0. The van der Waals surface area contributed by atoms with Gasteiger partial charge in [0.25, 0.3) is 11.8 Å². The van der Waals surface area contributed by atoms with Gasteiger partial charge in [-0.1, -0.05) is 49.1 Å². The van der Waals surface area contributed by atoms with E-state index in [4.69, 9.17) is 32.5 Å². The molecule has 2 atom stereocenters. The van der Waals surface area contributed by atoms with Gasteiger partial charge in [0.1, 0.15) is 11.8 Å². The van der Waals surface area contributed by atoms with Crippen molar-refractivity contribution in [2.75, 3.05) is 5.32 Å². The molecule has 0 aliphatic carbocycles. The molecule has 2 N–H and O–H groups in total. The van der Waals surface area contributed by atoms with Gasteiger partial charge in [0, 0.05) is 11.1 Å². The van der Waals surface area contributed by atoms with Crippen LogP contribution < -0.4 is 10.6 Å². The van der Waals surface area contributed by atoms with Gasteiger partial charge < -0.3 is 19.9 Å². The van der Waals surface area contributed by atoms with Crippen LogP contribution in [0.1, 0.15) is 43.3 Å². The van der Waals surface area contributed by atoms with Gasteiger partial charge in [0.2, 0.25) is 0 Å². The van der Waals surface area contributed by atoms with Crippen LogP contribution in [-0.2, 0) is 14.3 Å². The first-order valence-corrected chi connectivity index (χ1v) is 10.1. The van der Waals surface area contributed by atoms with E-state index in [9.17, 15) is 14.4 Å². The quantitative estimate of drug-likeness (QED) is 0.581. The van der Waals surface area contributed by atoms with Crippen LogP contribution in [0.25, 0.3) is 0 Å². The molecular formula is C20H23Cl2N3O5. The van der Waals surface area contributed by atoms with E-state index in [1.165, 1.54) is 18.2 Å². The number of ether oxygens (including phenoxy) is 1. The van der Waals surface area contributed by atoms with Crippen LogP contribution in [0.5, 0.6) is 0 Å². The molecule has 0 fully saturated rings. The molecule has 2 amide bonds. The van der Waals surface area contributed by atoms with E-state index in [1.54, 1.807) is 33.8 Å². The van der Waals surface area contributed by atoms with Crippen molar-refractivity contribution < 1.29 is 23.6 Å². The highest BCUT2D eigenvalue weighted by Gasteiger charge is 2.31. The Morgan fingerprint density at radius 1 is 1.20 bits per heavy atom. The summed E-state index contributed by atoms with van der Waals surface area (Å²) < 4.78 is 10.3. The summed E-state index contributed by atoms with van der Waals surface area (Å²) in [5.74, 6) is -1.39. The van der Waals surface area contributed by atoms with E-state index in [2.05, 4.69) is 15.8 Å². The fourth-order valence-corrected chi connectivity index (χ4v) is 3.05. The van der Waals surface area contributed by atoms with Crippen molar-refractivity contribution in [2.24, 2.45) is 5.92 Å². The molecule has 0 unspecified atom stereocenters. The summed E-state index contributed by atoms with van der Waals surface area (Å²) in [5.41, 5.74) is 0.172. The van der Waals surface area contributed by atoms with Crippen LogP contribution in [0.15, 0.2) is 28.8 Å². The number of hydrogen-bond acceptors (Lipinski definition) is 6. The molecule has 2 aromatic rings. The number of nitrogens with zero attached hydrogens (tertiary/aromatic N) is 1. The standard InChI is InChI=1S/C20H23Cl2N3O5/c1-5-15(19(27)23-16-8-11(4)30-25-16)29-20(28)17(10(2)3)24-18(26)13-7-6-12(21)9-14(13)22/h6-10,15,17H,5H2,1-4H3,(H,24,26)(H,23,25,27)/t15-,17+/m0/s1. The Labute approximate surface area is 184 Å². The Bertz CT molecular complexity index is 929. The predicted molar refractivity (Wildman–Crippen MR) is 113 cm³/mol. The second-order valence-corrected chi connectivity index (χ2v) is 7.81. The van der Waals surface area contributed by atoms with Crippen LogP contribution >= 0.6 is 23.2 Å². The van der Waals surface area contributed by atoms with Crippen molar-refractivity contribution >= 4 is 46.8 Å². The van der Waals surface area contributed by atoms with E-state index < -0.39 is 29.9 Å². The number of benzene rings is 1. The summed E-state index contributed by atoms with van der Waals surface area (Å²) in [6.45, 7) is 6.87.